The third-order valence-electron chi connectivity index (χ3n) is 4.22. The molecule has 3 rings (SSSR count). The minimum absolute atomic E-state index is 0.177. The van der Waals surface area contributed by atoms with Crippen LogP contribution in [0.2, 0.25) is 0 Å². The van der Waals surface area contributed by atoms with Crippen LogP contribution < -0.4 is 5.32 Å². The quantitative estimate of drug-likeness (QED) is 0.891. The number of hydrogen-bond acceptors (Lipinski definition) is 2. The van der Waals surface area contributed by atoms with Crippen molar-refractivity contribution in [3.8, 4) is 0 Å². The van der Waals surface area contributed by atoms with Gasteiger partial charge in [0.1, 0.15) is 11.4 Å². The van der Waals surface area contributed by atoms with E-state index in [1.807, 2.05) is 30.3 Å². The summed E-state index contributed by atoms with van der Waals surface area (Å²) in [5.41, 5.74) is -0.160. The van der Waals surface area contributed by atoms with Crippen LogP contribution in [0.25, 0.3) is 0 Å². The lowest BCUT2D eigenvalue weighted by Crippen LogP contribution is -2.45. The predicted octanol–water partition coefficient (Wildman–Crippen LogP) is 2.50. The second-order valence-electron chi connectivity index (χ2n) is 5.76. The number of benzene rings is 2. The molecule has 2 N–H and O–H groups in total. The first-order chi connectivity index (χ1) is 11.0. The lowest BCUT2D eigenvalue weighted by molar-refractivity contribution is -0.143. The van der Waals surface area contributed by atoms with E-state index in [0.717, 1.165) is 5.56 Å². The largest absolute Gasteiger partial charge is 0.479 e. The van der Waals surface area contributed by atoms with Gasteiger partial charge in [-0.1, -0.05) is 48.5 Å². The molecule has 23 heavy (non-hydrogen) atoms. The van der Waals surface area contributed by atoms with Crippen molar-refractivity contribution in [3.63, 3.8) is 0 Å². The summed E-state index contributed by atoms with van der Waals surface area (Å²) in [4.78, 5) is 23.8. The Bertz CT molecular complexity index is 747. The smallest absolute Gasteiger partial charge is 0.330 e. The van der Waals surface area contributed by atoms with Crippen LogP contribution in [-0.4, -0.2) is 22.5 Å². The van der Waals surface area contributed by atoms with Crippen LogP contribution in [0.4, 0.5) is 4.39 Å². The Kier molecular flexibility index (Phi) is 3.86. The van der Waals surface area contributed by atoms with Crippen molar-refractivity contribution in [2.75, 3.05) is 0 Å². The van der Waals surface area contributed by atoms with Gasteiger partial charge in [0.25, 0.3) is 0 Å². The van der Waals surface area contributed by atoms with Crippen LogP contribution in [0.3, 0.4) is 0 Å². The van der Waals surface area contributed by atoms with Crippen LogP contribution in [0.5, 0.6) is 0 Å². The maximum atomic E-state index is 13.6. The molecule has 2 unspecified atom stereocenters. The van der Waals surface area contributed by atoms with Gasteiger partial charge in [0.05, 0.1) is 6.42 Å². The van der Waals surface area contributed by atoms with Crippen molar-refractivity contribution in [2.24, 2.45) is 0 Å². The fourth-order valence-electron chi connectivity index (χ4n) is 2.89. The first kappa shape index (κ1) is 15.2. The molecule has 2 aromatic rings. The Labute approximate surface area is 133 Å². The van der Waals surface area contributed by atoms with Gasteiger partial charge in [-0.3, -0.25) is 4.79 Å². The Balaban J connectivity index is 1.73. The zero-order valence-electron chi connectivity index (χ0n) is 12.3. The molecule has 2 aromatic carbocycles. The topological polar surface area (TPSA) is 66.4 Å². The molecule has 4 nitrogen and oxygen atoms in total. The Morgan fingerprint density at radius 2 is 1.78 bits per heavy atom. The number of aliphatic carboxylic acids is 1. The van der Waals surface area contributed by atoms with Crippen molar-refractivity contribution in [2.45, 2.75) is 24.3 Å². The van der Waals surface area contributed by atoms with Crippen LogP contribution in [0.15, 0.2) is 54.6 Å². The van der Waals surface area contributed by atoms with Gasteiger partial charge in [0.2, 0.25) is 5.91 Å². The van der Waals surface area contributed by atoms with Crippen LogP contribution in [0, 0.1) is 5.82 Å². The van der Waals surface area contributed by atoms with Crippen molar-refractivity contribution in [1.82, 2.24) is 5.32 Å². The standard InChI is InChI=1S/C18H16FNO3/c19-15-9-5-4-8-13(15)10-16(21)20-18(17(22)23)11-14(18)12-6-2-1-3-7-12/h1-9,14H,10-11H2,(H,20,21)(H,22,23). The average Bonchev–Trinajstić information content (AvgIpc) is 3.26. The second kappa shape index (κ2) is 5.83. The summed E-state index contributed by atoms with van der Waals surface area (Å²) >= 11 is 0. The van der Waals surface area contributed by atoms with Gasteiger partial charge in [0, 0.05) is 5.92 Å². The fraction of sp³-hybridized carbons (Fsp3) is 0.222. The first-order valence-electron chi connectivity index (χ1n) is 7.36. The molecule has 0 saturated heterocycles. The Morgan fingerprint density at radius 1 is 1.13 bits per heavy atom. The molecule has 2 atom stereocenters. The number of carboxylic acid groups (broad SMARTS) is 1. The van der Waals surface area contributed by atoms with E-state index in [1.165, 1.54) is 12.1 Å². The predicted molar refractivity (Wildman–Crippen MR) is 82.4 cm³/mol. The highest BCUT2D eigenvalue weighted by atomic mass is 19.1. The van der Waals surface area contributed by atoms with Crippen LogP contribution >= 0.6 is 0 Å². The molecule has 5 heteroatoms. The van der Waals surface area contributed by atoms with E-state index in [4.69, 9.17) is 0 Å². The first-order valence-corrected chi connectivity index (χ1v) is 7.36. The van der Waals surface area contributed by atoms with E-state index in [1.54, 1.807) is 12.1 Å². The van der Waals surface area contributed by atoms with Gasteiger partial charge in [0.15, 0.2) is 0 Å². The lowest BCUT2D eigenvalue weighted by Gasteiger charge is -2.15. The summed E-state index contributed by atoms with van der Waals surface area (Å²) in [5.74, 6) is -2.28. The molecule has 1 amide bonds. The van der Waals surface area contributed by atoms with Gasteiger partial charge in [-0.05, 0) is 23.6 Å². The van der Waals surface area contributed by atoms with Crippen LogP contribution in [-0.2, 0) is 16.0 Å². The Morgan fingerprint density at radius 3 is 2.43 bits per heavy atom. The highest BCUT2D eigenvalue weighted by molar-refractivity contribution is 5.92. The number of carbonyl (C=O) groups excluding carboxylic acids is 1. The third-order valence-corrected chi connectivity index (χ3v) is 4.22. The average molecular weight is 313 g/mol. The SMILES string of the molecule is O=C(Cc1ccccc1F)NC1(C(=O)O)CC1c1ccccc1. The minimum Gasteiger partial charge on any atom is -0.479 e. The number of rotatable bonds is 5. The normalized spacial score (nSPS) is 22.4. The van der Waals surface area contributed by atoms with Gasteiger partial charge >= 0.3 is 5.97 Å². The molecular weight excluding hydrogens is 297 g/mol. The van der Waals surface area contributed by atoms with Crippen molar-refractivity contribution in [1.29, 1.82) is 0 Å². The molecule has 1 fully saturated rings. The molecular formula is C18H16FNO3. The lowest BCUT2D eigenvalue weighted by atomic mass is 10.1. The summed E-state index contributed by atoms with van der Waals surface area (Å²) in [7, 11) is 0. The number of carbonyl (C=O) groups is 2. The molecule has 1 aliphatic rings. The molecule has 1 aliphatic carbocycles. The Hall–Kier alpha value is -2.69. The van der Waals surface area contributed by atoms with E-state index in [2.05, 4.69) is 5.32 Å². The maximum absolute atomic E-state index is 13.6. The molecule has 0 aromatic heterocycles. The fourth-order valence-corrected chi connectivity index (χ4v) is 2.89. The number of nitrogens with one attached hydrogen (secondary N) is 1. The summed E-state index contributed by atoms with van der Waals surface area (Å²) in [6.45, 7) is 0. The van der Waals surface area contributed by atoms with Gasteiger partial charge in [-0.15, -0.1) is 0 Å². The third kappa shape index (κ3) is 2.95. The number of carboxylic acids is 1. The van der Waals surface area contributed by atoms with E-state index >= 15 is 0 Å². The summed E-state index contributed by atoms with van der Waals surface area (Å²) < 4.78 is 13.6. The van der Waals surface area contributed by atoms with E-state index in [9.17, 15) is 19.1 Å². The van der Waals surface area contributed by atoms with E-state index in [-0.39, 0.29) is 17.9 Å². The summed E-state index contributed by atoms with van der Waals surface area (Å²) in [6, 6.07) is 15.2. The summed E-state index contributed by atoms with van der Waals surface area (Å²) in [5, 5.41) is 12.1. The van der Waals surface area contributed by atoms with Crippen LogP contribution in [0.1, 0.15) is 23.5 Å². The van der Waals surface area contributed by atoms with E-state index in [0.29, 0.717) is 6.42 Å². The van der Waals surface area contributed by atoms with Crippen molar-refractivity contribution < 1.29 is 19.1 Å². The van der Waals surface area contributed by atoms with Crippen molar-refractivity contribution in [3.05, 3.63) is 71.5 Å². The molecule has 0 bridgehead atoms. The monoisotopic (exact) mass is 313 g/mol. The minimum atomic E-state index is -1.29. The maximum Gasteiger partial charge on any atom is 0.330 e. The molecule has 118 valence electrons. The molecule has 0 aliphatic heterocycles. The highest BCUT2D eigenvalue weighted by Crippen LogP contribution is 2.51. The molecule has 1 saturated carbocycles. The number of amides is 1. The number of hydrogen-bond donors (Lipinski definition) is 2. The molecule has 0 heterocycles. The highest BCUT2D eigenvalue weighted by Gasteiger charge is 2.62. The van der Waals surface area contributed by atoms with Crippen molar-refractivity contribution >= 4 is 11.9 Å². The zero-order valence-corrected chi connectivity index (χ0v) is 12.3. The van der Waals surface area contributed by atoms with Gasteiger partial charge in [-0.2, -0.15) is 0 Å². The van der Waals surface area contributed by atoms with E-state index < -0.39 is 23.2 Å². The second-order valence-corrected chi connectivity index (χ2v) is 5.76. The van der Waals surface area contributed by atoms with Gasteiger partial charge in [-0.25, -0.2) is 9.18 Å². The summed E-state index contributed by atoms with van der Waals surface area (Å²) in [6.07, 6.45) is 0.165. The van der Waals surface area contributed by atoms with Gasteiger partial charge < -0.3 is 10.4 Å². The number of halogens is 1. The zero-order chi connectivity index (χ0) is 16.4. The molecule has 0 spiro atoms. The molecule has 0 radical (unpaired) electrons.